The first-order valence-corrected chi connectivity index (χ1v) is 14.3. The van der Waals surface area contributed by atoms with Crippen molar-refractivity contribution in [2.24, 2.45) is 17.6 Å². The van der Waals surface area contributed by atoms with Crippen LogP contribution in [0.1, 0.15) is 33.5 Å². The van der Waals surface area contributed by atoms with Crippen LogP contribution in [0.3, 0.4) is 0 Å². The van der Waals surface area contributed by atoms with Crippen molar-refractivity contribution < 1.29 is 39.5 Å². The van der Waals surface area contributed by atoms with Gasteiger partial charge in [0.15, 0.2) is 11.4 Å². The van der Waals surface area contributed by atoms with Crippen LogP contribution in [-0.2, 0) is 29.1 Å². The number of carbonyl (C=O) groups is 3. The zero-order chi connectivity index (χ0) is 32.2. The van der Waals surface area contributed by atoms with Crippen molar-refractivity contribution in [2.45, 2.75) is 37.6 Å². The smallest absolute Gasteiger partial charge is 0.255 e. The summed E-state index contributed by atoms with van der Waals surface area (Å²) >= 11 is 0. The number of nitrogens with zero attached hydrogens (tertiary/aromatic N) is 2. The number of ether oxygens (including phenoxy) is 1. The minimum absolute atomic E-state index is 0.0155. The van der Waals surface area contributed by atoms with Crippen LogP contribution in [0.15, 0.2) is 53.0 Å². The highest BCUT2D eigenvalue weighted by Gasteiger charge is 2.63. The number of hydrogen-bond donors (Lipinski definition) is 6. The number of ketones is 2. The topological polar surface area (TPSA) is 186 Å². The van der Waals surface area contributed by atoms with E-state index in [-0.39, 0.29) is 36.3 Å². The number of primary amides is 1. The molecular formula is C32H38N4O8. The fraction of sp³-hybridized carbons (Fsp3) is 0.406. The number of allylic oxidation sites excluding steroid dienone is 1. The molecule has 4 atom stereocenters. The highest BCUT2D eigenvalue weighted by Crippen LogP contribution is 2.53. The third kappa shape index (κ3) is 4.70. The van der Waals surface area contributed by atoms with Crippen molar-refractivity contribution in [2.75, 3.05) is 40.2 Å². The molecule has 12 heteroatoms. The molecule has 0 aromatic heterocycles. The summed E-state index contributed by atoms with van der Waals surface area (Å²) in [5.41, 5.74) is 4.41. The number of amides is 1. The number of phenolic OH excluding ortho intramolecular Hbond substituents is 1. The SMILES string of the molecule is COc1ccc(CNCc2cc(N(C)C)c3c(c2O)C(=O)C2=C(O)[C@]4(O)C(=O)C(C(N)=O)=C(O)[C@@H](N(C)C)[C@@H]4C[C@@H]2C3)cc1. The second kappa shape index (κ2) is 11.3. The number of aliphatic hydroxyl groups excluding tert-OH is 2. The van der Waals surface area contributed by atoms with Crippen molar-refractivity contribution in [3.8, 4) is 11.5 Å². The number of phenols is 1. The molecule has 3 aliphatic carbocycles. The van der Waals surface area contributed by atoms with Crippen LogP contribution in [0, 0.1) is 11.8 Å². The molecule has 0 saturated heterocycles. The molecule has 5 rings (SSSR count). The minimum atomic E-state index is -2.68. The van der Waals surface area contributed by atoms with E-state index in [0.29, 0.717) is 23.4 Å². The lowest BCUT2D eigenvalue weighted by atomic mass is 9.58. The number of Topliss-reactive ketones (excluding diaryl/α,β-unsaturated/α-hetero) is 2. The number of hydrogen-bond acceptors (Lipinski definition) is 11. The van der Waals surface area contributed by atoms with Crippen LogP contribution in [0.4, 0.5) is 5.69 Å². The summed E-state index contributed by atoms with van der Waals surface area (Å²) in [6, 6.07) is 8.29. The number of rotatable bonds is 8. The molecule has 2 aromatic rings. The van der Waals surface area contributed by atoms with E-state index in [1.807, 2.05) is 49.3 Å². The van der Waals surface area contributed by atoms with Gasteiger partial charge in [0.2, 0.25) is 5.78 Å². The molecule has 0 bridgehead atoms. The Morgan fingerprint density at radius 2 is 1.75 bits per heavy atom. The van der Waals surface area contributed by atoms with Crippen LogP contribution in [0.25, 0.3) is 0 Å². The third-order valence-electron chi connectivity index (χ3n) is 9.06. The van der Waals surface area contributed by atoms with Crippen LogP contribution >= 0.6 is 0 Å². The van der Waals surface area contributed by atoms with Gasteiger partial charge in [0.25, 0.3) is 5.91 Å². The summed E-state index contributed by atoms with van der Waals surface area (Å²) < 4.78 is 5.20. The summed E-state index contributed by atoms with van der Waals surface area (Å²) in [7, 11) is 8.43. The lowest BCUT2D eigenvalue weighted by molar-refractivity contribution is -0.148. The Morgan fingerprint density at radius 3 is 2.32 bits per heavy atom. The van der Waals surface area contributed by atoms with Gasteiger partial charge in [-0.25, -0.2) is 0 Å². The van der Waals surface area contributed by atoms with Crippen LogP contribution < -0.4 is 20.7 Å². The summed E-state index contributed by atoms with van der Waals surface area (Å²) in [5.74, 6) is -5.96. The largest absolute Gasteiger partial charge is 0.510 e. The molecule has 0 radical (unpaired) electrons. The molecule has 12 nitrogen and oxygen atoms in total. The van der Waals surface area contributed by atoms with Crippen LogP contribution in [0.5, 0.6) is 11.5 Å². The molecule has 2 aromatic carbocycles. The van der Waals surface area contributed by atoms with Gasteiger partial charge in [-0.2, -0.15) is 0 Å². The van der Waals surface area contributed by atoms with Crippen molar-refractivity contribution in [1.82, 2.24) is 10.2 Å². The first-order chi connectivity index (χ1) is 20.7. The zero-order valence-corrected chi connectivity index (χ0v) is 25.3. The van der Waals surface area contributed by atoms with Gasteiger partial charge >= 0.3 is 0 Å². The Labute approximate surface area is 255 Å². The standard InChI is InChI=1S/C32H38N4O8/c1-35(2)21-12-17(14-34-13-15-6-8-18(44-5)9-7-15)26(37)23-19(21)10-16-11-20-25(36(3)4)28(39)24(31(33)42)30(41)32(20,43)29(40)22(16)27(23)38/h6-9,12,16,20,25,34,37,39-40,43H,10-11,13-14H2,1-5H3,(H2,33,42)/t16-,20-,25-,32-/m0/s1. The molecule has 0 unspecified atom stereocenters. The Balaban J connectivity index is 1.57. The predicted molar refractivity (Wildman–Crippen MR) is 162 cm³/mol. The molecule has 44 heavy (non-hydrogen) atoms. The monoisotopic (exact) mass is 606 g/mol. The maximum absolute atomic E-state index is 14.2. The molecule has 0 spiro atoms. The third-order valence-corrected chi connectivity index (χ3v) is 9.06. The Hall–Kier alpha value is -4.39. The molecular weight excluding hydrogens is 568 g/mol. The Morgan fingerprint density at radius 1 is 1.09 bits per heavy atom. The molecule has 0 fully saturated rings. The van der Waals surface area contributed by atoms with Gasteiger partial charge in [0.05, 0.1) is 18.7 Å². The van der Waals surface area contributed by atoms with E-state index in [4.69, 9.17) is 10.5 Å². The van der Waals surface area contributed by atoms with Crippen molar-refractivity contribution in [1.29, 1.82) is 0 Å². The summed E-state index contributed by atoms with van der Waals surface area (Å²) in [6.45, 7) is 0.695. The maximum Gasteiger partial charge on any atom is 0.255 e. The van der Waals surface area contributed by atoms with E-state index in [1.54, 1.807) is 21.2 Å². The quantitative estimate of drug-likeness (QED) is 0.239. The van der Waals surface area contributed by atoms with E-state index < -0.39 is 58.0 Å². The second-order valence-electron chi connectivity index (χ2n) is 12.1. The van der Waals surface area contributed by atoms with Crippen molar-refractivity contribution in [3.05, 3.63) is 75.3 Å². The highest BCUT2D eigenvalue weighted by molar-refractivity contribution is 6.25. The molecule has 0 aliphatic heterocycles. The Bertz CT molecular complexity index is 1610. The second-order valence-corrected chi connectivity index (χ2v) is 12.1. The van der Waals surface area contributed by atoms with Gasteiger partial charge in [-0.05, 0) is 62.2 Å². The number of anilines is 1. The maximum atomic E-state index is 14.2. The summed E-state index contributed by atoms with van der Waals surface area (Å²) in [5, 5.41) is 49.0. The summed E-state index contributed by atoms with van der Waals surface area (Å²) in [4.78, 5) is 43.3. The highest BCUT2D eigenvalue weighted by atomic mass is 16.5. The number of fused-ring (bicyclic) bond motifs is 3. The van der Waals surface area contributed by atoms with Gasteiger partial charge < -0.3 is 41.1 Å². The normalized spacial score (nSPS) is 24.7. The van der Waals surface area contributed by atoms with Gasteiger partial charge in [-0.3, -0.25) is 19.3 Å². The van der Waals surface area contributed by atoms with E-state index in [0.717, 1.165) is 11.3 Å². The van der Waals surface area contributed by atoms with Crippen molar-refractivity contribution >= 4 is 23.2 Å². The van der Waals surface area contributed by atoms with E-state index in [9.17, 15) is 34.8 Å². The molecule has 1 amide bonds. The van der Waals surface area contributed by atoms with Gasteiger partial charge in [0.1, 0.15) is 28.6 Å². The van der Waals surface area contributed by atoms with Gasteiger partial charge in [0, 0.05) is 49.9 Å². The lowest BCUT2D eigenvalue weighted by Crippen LogP contribution is -2.63. The average molecular weight is 607 g/mol. The molecule has 234 valence electrons. The summed E-state index contributed by atoms with van der Waals surface area (Å²) in [6.07, 6.45) is 0.250. The number of methoxy groups -OCH3 is 1. The first-order valence-electron chi connectivity index (χ1n) is 14.3. The number of nitrogens with one attached hydrogen (secondary N) is 1. The lowest BCUT2D eigenvalue weighted by Gasteiger charge is -2.50. The zero-order valence-electron chi connectivity index (χ0n) is 25.3. The number of nitrogens with two attached hydrogens (primary N) is 1. The number of likely N-dealkylation sites (N-methyl/N-ethyl adjacent to an activating group) is 1. The fourth-order valence-electron chi connectivity index (χ4n) is 6.97. The number of aliphatic hydroxyl groups is 3. The van der Waals surface area contributed by atoms with Crippen LogP contribution in [0.2, 0.25) is 0 Å². The van der Waals surface area contributed by atoms with Crippen molar-refractivity contribution in [3.63, 3.8) is 0 Å². The van der Waals surface area contributed by atoms with Gasteiger partial charge in [-0.1, -0.05) is 12.1 Å². The van der Waals surface area contributed by atoms with E-state index in [2.05, 4.69) is 5.32 Å². The number of carbonyl (C=O) groups excluding carboxylic acids is 3. The molecule has 0 heterocycles. The molecule has 3 aliphatic rings. The number of aromatic hydroxyl groups is 1. The first kappa shape index (κ1) is 31.0. The predicted octanol–water partition coefficient (Wildman–Crippen LogP) is 1.49. The Kier molecular flexibility index (Phi) is 7.95. The van der Waals surface area contributed by atoms with E-state index in [1.165, 1.54) is 4.90 Å². The van der Waals surface area contributed by atoms with Gasteiger partial charge in [-0.15, -0.1) is 0 Å². The number of benzene rings is 2. The van der Waals surface area contributed by atoms with Crippen LogP contribution in [-0.4, -0.2) is 89.7 Å². The molecule has 0 saturated carbocycles. The fourth-order valence-corrected chi connectivity index (χ4v) is 6.97. The average Bonchev–Trinajstić information content (AvgIpc) is 2.96. The minimum Gasteiger partial charge on any atom is -0.510 e. The molecule has 7 N–H and O–H groups in total. The van der Waals surface area contributed by atoms with E-state index >= 15 is 0 Å².